The Kier molecular flexibility index (Phi) is 5.90. The highest BCUT2D eigenvalue weighted by Crippen LogP contribution is 2.27. The van der Waals surface area contributed by atoms with E-state index in [1.54, 1.807) is 30.3 Å². The molecule has 6 nitrogen and oxygen atoms in total. The average Bonchev–Trinajstić information content (AvgIpc) is 2.65. The second-order valence-corrected chi connectivity index (χ2v) is 6.30. The molecule has 0 radical (unpaired) electrons. The van der Waals surface area contributed by atoms with Crippen LogP contribution in [0.25, 0.3) is 0 Å². The zero-order chi connectivity index (χ0) is 19.3. The molecule has 0 aliphatic rings. The summed E-state index contributed by atoms with van der Waals surface area (Å²) in [6, 6.07) is 12.7. The van der Waals surface area contributed by atoms with Crippen molar-refractivity contribution in [1.82, 2.24) is 5.32 Å². The Balaban J connectivity index is 2.37. The van der Waals surface area contributed by atoms with E-state index in [0.717, 1.165) is 5.56 Å². The zero-order valence-corrected chi connectivity index (χ0v) is 14.5. The molecule has 6 heteroatoms. The normalized spacial score (nSPS) is 14.3. The maximum absolute atomic E-state index is 12.3. The molecule has 0 saturated heterocycles. The molecule has 0 fully saturated rings. The standard InChI is InChI=1S/C20H21NO5/c1-13(2)14-8-10-16(11-9-14)20(26,19(24)25)17(12-22)21-18(23)15-6-4-3-5-7-15/h3-13,17,26H,1-2H3,(H,21,23)(H,24,25). The second kappa shape index (κ2) is 7.93. The van der Waals surface area contributed by atoms with Crippen LogP contribution in [0.2, 0.25) is 0 Å². The fourth-order valence-electron chi connectivity index (χ4n) is 2.61. The van der Waals surface area contributed by atoms with Gasteiger partial charge in [0.1, 0.15) is 12.3 Å². The van der Waals surface area contributed by atoms with E-state index in [1.807, 2.05) is 13.8 Å². The molecule has 136 valence electrons. The van der Waals surface area contributed by atoms with Gasteiger partial charge in [-0.2, -0.15) is 0 Å². The molecule has 0 heterocycles. The van der Waals surface area contributed by atoms with Crippen molar-refractivity contribution in [3.05, 3.63) is 71.3 Å². The maximum Gasteiger partial charge on any atom is 0.343 e. The van der Waals surface area contributed by atoms with Crippen LogP contribution in [0.3, 0.4) is 0 Å². The highest BCUT2D eigenvalue weighted by Gasteiger charge is 2.47. The van der Waals surface area contributed by atoms with Crippen LogP contribution in [0.1, 0.15) is 41.3 Å². The molecule has 0 spiro atoms. The van der Waals surface area contributed by atoms with Gasteiger partial charge in [0.05, 0.1) is 0 Å². The zero-order valence-electron chi connectivity index (χ0n) is 14.5. The van der Waals surface area contributed by atoms with Gasteiger partial charge in [-0.15, -0.1) is 0 Å². The van der Waals surface area contributed by atoms with Crippen molar-refractivity contribution in [2.24, 2.45) is 0 Å². The molecule has 0 aliphatic heterocycles. The van der Waals surface area contributed by atoms with Crippen molar-refractivity contribution >= 4 is 18.2 Å². The largest absolute Gasteiger partial charge is 0.479 e. The first-order chi connectivity index (χ1) is 12.3. The molecule has 0 saturated carbocycles. The highest BCUT2D eigenvalue weighted by atomic mass is 16.4. The minimum absolute atomic E-state index is 0.0138. The van der Waals surface area contributed by atoms with Crippen LogP contribution in [0.15, 0.2) is 54.6 Å². The first-order valence-corrected chi connectivity index (χ1v) is 8.18. The van der Waals surface area contributed by atoms with Crippen LogP contribution in [0.4, 0.5) is 0 Å². The van der Waals surface area contributed by atoms with Gasteiger partial charge in [-0.3, -0.25) is 4.79 Å². The van der Waals surface area contributed by atoms with E-state index in [-0.39, 0.29) is 23.3 Å². The van der Waals surface area contributed by atoms with Crippen LogP contribution in [-0.2, 0) is 15.2 Å². The van der Waals surface area contributed by atoms with E-state index in [9.17, 15) is 24.6 Å². The van der Waals surface area contributed by atoms with E-state index in [1.165, 1.54) is 24.3 Å². The Labute approximate surface area is 151 Å². The number of nitrogens with one attached hydrogen (secondary N) is 1. The summed E-state index contributed by atoms with van der Waals surface area (Å²) in [5.41, 5.74) is -1.36. The number of rotatable bonds is 7. The Morgan fingerprint density at radius 1 is 1.04 bits per heavy atom. The Hall–Kier alpha value is -2.99. The lowest BCUT2D eigenvalue weighted by Gasteiger charge is -2.30. The van der Waals surface area contributed by atoms with Crippen molar-refractivity contribution in [3.63, 3.8) is 0 Å². The smallest absolute Gasteiger partial charge is 0.343 e. The van der Waals surface area contributed by atoms with Gasteiger partial charge in [0.2, 0.25) is 5.60 Å². The van der Waals surface area contributed by atoms with Crippen molar-refractivity contribution < 1.29 is 24.6 Å². The number of carbonyl (C=O) groups excluding carboxylic acids is 2. The van der Waals surface area contributed by atoms with E-state index in [2.05, 4.69) is 5.32 Å². The lowest BCUT2D eigenvalue weighted by molar-refractivity contribution is -0.164. The first-order valence-electron chi connectivity index (χ1n) is 8.18. The lowest BCUT2D eigenvalue weighted by Crippen LogP contribution is -2.56. The van der Waals surface area contributed by atoms with E-state index in [0.29, 0.717) is 0 Å². The summed E-state index contributed by atoms with van der Waals surface area (Å²) in [5.74, 6) is -2.05. The van der Waals surface area contributed by atoms with Gasteiger partial charge in [-0.25, -0.2) is 4.79 Å². The molecule has 26 heavy (non-hydrogen) atoms. The molecule has 0 aromatic heterocycles. The van der Waals surface area contributed by atoms with E-state index in [4.69, 9.17) is 0 Å². The van der Waals surface area contributed by atoms with Crippen LogP contribution < -0.4 is 5.32 Å². The molecule has 0 aliphatic carbocycles. The Morgan fingerprint density at radius 2 is 1.62 bits per heavy atom. The number of aliphatic hydroxyl groups is 1. The molecule has 2 atom stereocenters. The lowest BCUT2D eigenvalue weighted by atomic mass is 9.85. The second-order valence-electron chi connectivity index (χ2n) is 6.30. The van der Waals surface area contributed by atoms with E-state index >= 15 is 0 Å². The van der Waals surface area contributed by atoms with Gasteiger partial charge in [0.25, 0.3) is 5.91 Å². The molecule has 2 rings (SSSR count). The number of benzene rings is 2. The third-order valence-corrected chi connectivity index (χ3v) is 4.25. The minimum atomic E-state index is -2.58. The number of hydrogen-bond acceptors (Lipinski definition) is 4. The molecule has 2 aromatic carbocycles. The topological polar surface area (TPSA) is 104 Å². The van der Waals surface area contributed by atoms with Gasteiger partial charge in [0.15, 0.2) is 0 Å². The maximum atomic E-state index is 12.3. The van der Waals surface area contributed by atoms with Crippen molar-refractivity contribution in [1.29, 1.82) is 0 Å². The predicted octanol–water partition coefficient (Wildman–Crippen LogP) is 2.08. The van der Waals surface area contributed by atoms with Crippen molar-refractivity contribution in [2.45, 2.75) is 31.4 Å². The summed E-state index contributed by atoms with van der Waals surface area (Å²) in [7, 11) is 0. The number of amides is 1. The number of hydrogen-bond donors (Lipinski definition) is 3. The van der Waals surface area contributed by atoms with Gasteiger partial charge in [0, 0.05) is 5.56 Å². The Morgan fingerprint density at radius 3 is 2.08 bits per heavy atom. The molecule has 3 N–H and O–H groups in total. The number of aldehydes is 1. The monoisotopic (exact) mass is 355 g/mol. The minimum Gasteiger partial charge on any atom is -0.479 e. The summed E-state index contributed by atoms with van der Waals surface area (Å²) in [5, 5.41) is 22.7. The fraction of sp³-hybridized carbons (Fsp3) is 0.250. The van der Waals surface area contributed by atoms with Gasteiger partial charge >= 0.3 is 5.97 Å². The number of aliphatic carboxylic acids is 1. The number of carbonyl (C=O) groups is 3. The molecular formula is C20H21NO5. The number of carboxylic acids is 1. The summed E-state index contributed by atoms with van der Waals surface area (Å²) in [6.45, 7) is 3.96. The van der Waals surface area contributed by atoms with Crippen molar-refractivity contribution in [3.8, 4) is 0 Å². The molecule has 2 unspecified atom stereocenters. The summed E-state index contributed by atoms with van der Waals surface area (Å²) in [6.07, 6.45) is 0.227. The van der Waals surface area contributed by atoms with Crippen molar-refractivity contribution in [2.75, 3.05) is 0 Å². The summed E-state index contributed by atoms with van der Waals surface area (Å²) < 4.78 is 0. The third kappa shape index (κ3) is 3.81. The van der Waals surface area contributed by atoms with Gasteiger partial charge < -0.3 is 20.3 Å². The molecular weight excluding hydrogens is 334 g/mol. The van der Waals surface area contributed by atoms with Crippen LogP contribution in [-0.4, -0.2) is 34.4 Å². The van der Waals surface area contributed by atoms with Gasteiger partial charge in [-0.1, -0.05) is 56.3 Å². The molecule has 1 amide bonds. The first kappa shape index (κ1) is 19.3. The quantitative estimate of drug-likeness (QED) is 0.660. The summed E-state index contributed by atoms with van der Waals surface area (Å²) in [4.78, 5) is 35.6. The fourth-order valence-corrected chi connectivity index (χ4v) is 2.61. The molecule has 2 aromatic rings. The third-order valence-electron chi connectivity index (χ3n) is 4.25. The predicted molar refractivity (Wildman–Crippen MR) is 95.8 cm³/mol. The van der Waals surface area contributed by atoms with Crippen LogP contribution in [0, 0.1) is 0 Å². The molecule has 0 bridgehead atoms. The SMILES string of the molecule is CC(C)c1ccc(C(O)(C(=O)O)C(C=O)NC(=O)c2ccccc2)cc1. The van der Waals surface area contributed by atoms with Crippen LogP contribution in [0.5, 0.6) is 0 Å². The van der Waals surface area contributed by atoms with Gasteiger partial charge in [-0.05, 0) is 29.2 Å². The van der Waals surface area contributed by atoms with Crippen LogP contribution >= 0.6 is 0 Å². The summed E-state index contributed by atoms with van der Waals surface area (Å²) >= 11 is 0. The average molecular weight is 355 g/mol. The number of carboxylic acid groups (broad SMARTS) is 1. The highest BCUT2D eigenvalue weighted by molar-refractivity contribution is 5.97. The van der Waals surface area contributed by atoms with E-state index < -0.39 is 23.5 Å². The Bertz CT molecular complexity index is 786.